The highest BCUT2D eigenvalue weighted by Gasteiger charge is 2.45. The van der Waals surface area contributed by atoms with E-state index >= 15 is 0 Å². The van der Waals surface area contributed by atoms with Crippen molar-refractivity contribution in [1.29, 1.82) is 0 Å². The fraction of sp³-hybridized carbons (Fsp3) is 0.455. The van der Waals surface area contributed by atoms with Crippen molar-refractivity contribution in [3.63, 3.8) is 0 Å². The van der Waals surface area contributed by atoms with E-state index in [-0.39, 0.29) is 17.0 Å². The number of unbranched alkanes of at least 4 members (excludes halogenated alkanes) is 9. The summed E-state index contributed by atoms with van der Waals surface area (Å²) in [5, 5.41) is 4.55. The van der Waals surface area contributed by atoms with Gasteiger partial charge in [0, 0.05) is 0 Å². The second-order valence-corrected chi connectivity index (χ2v) is 13.6. The molecule has 3 aromatic rings. The molecular weight excluding hydrogens is 507 g/mol. The van der Waals surface area contributed by atoms with Gasteiger partial charge in [-0.25, -0.2) is 0 Å². The number of hydrogen-bond acceptors (Lipinski definition) is 0. The van der Waals surface area contributed by atoms with Gasteiger partial charge >= 0.3 is 0 Å². The van der Waals surface area contributed by atoms with Gasteiger partial charge in [0.1, 0.15) is 23.2 Å². The minimum atomic E-state index is -1.69. The molecule has 0 aliphatic heterocycles. The molecule has 0 heterocycles. The van der Waals surface area contributed by atoms with Gasteiger partial charge in [-0.1, -0.05) is 133 Å². The Hall–Kier alpha value is -1.43. The van der Waals surface area contributed by atoms with Crippen LogP contribution in [0.4, 0.5) is 0 Å². The summed E-state index contributed by atoms with van der Waals surface area (Å²) in [7, 11) is -1.69. The molecule has 2 heteroatoms. The standard InChI is InChI=1S/C33H46P.BrH/c1-3-4-5-6-7-8-9-10-11-15-22-30(2)29-34(31-23-16-12-17-24-31,32-25-18-13-19-26-32)33-27-20-14-21-28-33;/h12-14,16-21,23-28,30H,3-11,15,22,29H2,1-2H3;1H/q+1;/p-1/t30-;/m1./s1. The molecule has 3 aromatic carbocycles. The number of rotatable bonds is 16. The third-order valence-electron chi connectivity index (χ3n) is 7.23. The molecule has 0 aromatic heterocycles. The van der Waals surface area contributed by atoms with Crippen LogP contribution in [-0.2, 0) is 0 Å². The van der Waals surface area contributed by atoms with E-state index in [0.29, 0.717) is 5.92 Å². The van der Waals surface area contributed by atoms with Crippen LogP contribution in [0.15, 0.2) is 91.0 Å². The van der Waals surface area contributed by atoms with Crippen molar-refractivity contribution in [2.24, 2.45) is 5.92 Å². The lowest BCUT2D eigenvalue weighted by molar-refractivity contribution is -0.00000708. The summed E-state index contributed by atoms with van der Waals surface area (Å²) in [5.74, 6) is 0.711. The predicted octanol–water partition coefficient (Wildman–Crippen LogP) is 5.93. The molecule has 0 fully saturated rings. The van der Waals surface area contributed by atoms with Crippen LogP contribution in [0.5, 0.6) is 0 Å². The summed E-state index contributed by atoms with van der Waals surface area (Å²) in [6, 6.07) is 34.1. The van der Waals surface area contributed by atoms with Crippen LogP contribution in [0.3, 0.4) is 0 Å². The molecule has 0 radical (unpaired) electrons. The van der Waals surface area contributed by atoms with Gasteiger partial charge in [0.25, 0.3) is 0 Å². The second-order valence-electron chi connectivity index (χ2n) is 10.1. The maximum Gasteiger partial charge on any atom is 0.112 e. The van der Waals surface area contributed by atoms with E-state index in [4.69, 9.17) is 0 Å². The van der Waals surface area contributed by atoms with Gasteiger partial charge < -0.3 is 17.0 Å². The molecule has 0 nitrogen and oxygen atoms in total. The maximum atomic E-state index is 2.50. The summed E-state index contributed by atoms with van der Waals surface area (Å²) < 4.78 is 0. The van der Waals surface area contributed by atoms with Gasteiger partial charge in [0.15, 0.2) is 0 Å². The normalized spacial score (nSPS) is 12.2. The Labute approximate surface area is 227 Å². The second kappa shape index (κ2) is 17.1. The van der Waals surface area contributed by atoms with Crippen LogP contribution in [0.2, 0.25) is 0 Å². The molecular formula is C33H46BrP. The van der Waals surface area contributed by atoms with Crippen molar-refractivity contribution in [3.05, 3.63) is 91.0 Å². The molecule has 0 N–H and O–H groups in total. The Morgan fingerprint density at radius 1 is 0.514 bits per heavy atom. The molecule has 0 spiro atoms. The molecule has 0 unspecified atom stereocenters. The summed E-state index contributed by atoms with van der Waals surface area (Å²) >= 11 is 0. The molecule has 0 aliphatic carbocycles. The predicted molar refractivity (Wildman–Crippen MR) is 156 cm³/mol. The number of benzene rings is 3. The van der Waals surface area contributed by atoms with Crippen LogP contribution >= 0.6 is 7.26 Å². The van der Waals surface area contributed by atoms with Crippen LogP contribution < -0.4 is 32.9 Å². The van der Waals surface area contributed by atoms with E-state index in [1.54, 1.807) is 0 Å². The van der Waals surface area contributed by atoms with Crippen LogP contribution in [0, 0.1) is 5.92 Å². The van der Waals surface area contributed by atoms with E-state index in [9.17, 15) is 0 Å². The van der Waals surface area contributed by atoms with Gasteiger partial charge in [-0.05, 0) is 48.7 Å². The average molecular weight is 554 g/mol. The molecule has 0 bridgehead atoms. The van der Waals surface area contributed by atoms with E-state index < -0.39 is 7.26 Å². The Morgan fingerprint density at radius 3 is 1.23 bits per heavy atom. The number of hydrogen-bond donors (Lipinski definition) is 0. The first kappa shape index (κ1) is 29.8. The highest BCUT2D eigenvalue weighted by atomic mass is 79.9. The van der Waals surface area contributed by atoms with Crippen molar-refractivity contribution in [1.82, 2.24) is 0 Å². The van der Waals surface area contributed by atoms with Crippen molar-refractivity contribution >= 4 is 23.2 Å². The number of halogens is 1. The quantitative estimate of drug-likeness (QED) is 0.152. The highest BCUT2D eigenvalue weighted by Crippen LogP contribution is 2.57. The van der Waals surface area contributed by atoms with Crippen LogP contribution in [0.1, 0.15) is 84.5 Å². The average Bonchev–Trinajstić information content (AvgIpc) is 2.90. The summed E-state index contributed by atoms with van der Waals surface area (Å²) in [4.78, 5) is 0. The van der Waals surface area contributed by atoms with E-state index in [1.807, 2.05) is 0 Å². The van der Waals surface area contributed by atoms with Gasteiger partial charge in [-0.3, -0.25) is 0 Å². The lowest BCUT2D eigenvalue weighted by atomic mass is 10.0. The van der Waals surface area contributed by atoms with Crippen LogP contribution in [-0.4, -0.2) is 6.16 Å². The molecule has 190 valence electrons. The molecule has 0 aliphatic rings. The highest BCUT2D eigenvalue weighted by molar-refractivity contribution is 7.95. The molecule has 1 atom stereocenters. The zero-order chi connectivity index (χ0) is 23.9. The first-order valence-corrected chi connectivity index (χ1v) is 15.8. The fourth-order valence-electron chi connectivity index (χ4n) is 5.35. The van der Waals surface area contributed by atoms with E-state index in [1.165, 1.54) is 92.7 Å². The zero-order valence-electron chi connectivity index (χ0n) is 22.0. The molecule has 35 heavy (non-hydrogen) atoms. The topological polar surface area (TPSA) is 0 Å². The van der Waals surface area contributed by atoms with E-state index in [0.717, 1.165) is 0 Å². The van der Waals surface area contributed by atoms with E-state index in [2.05, 4.69) is 105 Å². The monoisotopic (exact) mass is 552 g/mol. The third-order valence-corrected chi connectivity index (χ3v) is 11.9. The minimum Gasteiger partial charge on any atom is -1.00 e. The maximum absolute atomic E-state index is 2.50. The Balaban J connectivity index is 0.00000432. The van der Waals surface area contributed by atoms with Gasteiger partial charge in [-0.15, -0.1) is 0 Å². The Kier molecular flexibility index (Phi) is 14.6. The SMILES string of the molecule is CCCCCCCCCCCC[C@@H](C)C[P+](c1ccccc1)(c1ccccc1)c1ccccc1.[Br-]. The van der Waals surface area contributed by atoms with Crippen molar-refractivity contribution in [3.8, 4) is 0 Å². The van der Waals surface area contributed by atoms with Gasteiger partial charge in [0.2, 0.25) is 0 Å². The minimum absolute atomic E-state index is 0. The summed E-state index contributed by atoms with van der Waals surface area (Å²) in [6.45, 7) is 4.80. The van der Waals surface area contributed by atoms with Gasteiger partial charge in [0.05, 0.1) is 6.16 Å². The summed E-state index contributed by atoms with van der Waals surface area (Å²) in [5.41, 5.74) is 0. The molecule has 0 saturated carbocycles. The fourth-order valence-corrected chi connectivity index (χ4v) is 10.0. The third kappa shape index (κ3) is 9.18. The van der Waals surface area contributed by atoms with Crippen LogP contribution in [0.25, 0.3) is 0 Å². The lowest BCUT2D eigenvalue weighted by Gasteiger charge is -2.30. The molecule has 3 rings (SSSR count). The first-order chi connectivity index (χ1) is 16.8. The Bertz CT molecular complexity index is 797. The first-order valence-electron chi connectivity index (χ1n) is 13.8. The molecule has 0 amide bonds. The lowest BCUT2D eigenvalue weighted by Crippen LogP contribution is -3.00. The zero-order valence-corrected chi connectivity index (χ0v) is 24.5. The largest absolute Gasteiger partial charge is 1.00 e. The van der Waals surface area contributed by atoms with Gasteiger partial charge in [-0.2, -0.15) is 0 Å². The van der Waals surface area contributed by atoms with Crippen molar-refractivity contribution < 1.29 is 17.0 Å². The Morgan fingerprint density at radius 2 is 0.857 bits per heavy atom. The summed E-state index contributed by atoms with van der Waals surface area (Å²) in [6.07, 6.45) is 16.7. The van der Waals surface area contributed by atoms with Crippen molar-refractivity contribution in [2.75, 3.05) is 6.16 Å². The molecule has 0 saturated heterocycles. The van der Waals surface area contributed by atoms with Crippen molar-refractivity contribution in [2.45, 2.75) is 84.5 Å². The smallest absolute Gasteiger partial charge is 0.112 e.